The Morgan fingerprint density at radius 2 is 1.57 bits per heavy atom. The Bertz CT molecular complexity index is 594. The van der Waals surface area contributed by atoms with Crippen LogP contribution in [0.25, 0.3) is 0 Å². The van der Waals surface area contributed by atoms with Gasteiger partial charge in [0.15, 0.2) is 5.78 Å². The van der Waals surface area contributed by atoms with Crippen molar-refractivity contribution < 1.29 is 4.79 Å². The number of benzene rings is 2. The Morgan fingerprint density at radius 3 is 2.14 bits per heavy atom. The number of carbonyl (C=O) groups is 1. The molecule has 0 amide bonds. The first-order valence-corrected chi connectivity index (χ1v) is 7.87. The molecule has 2 aromatic rings. The lowest BCUT2D eigenvalue weighted by atomic mass is 9.70. The topological polar surface area (TPSA) is 17.1 Å². The van der Waals surface area contributed by atoms with Gasteiger partial charge in [-0.3, -0.25) is 4.79 Å². The number of aryl methyl sites for hydroxylation is 1. The lowest BCUT2D eigenvalue weighted by Gasteiger charge is -2.31. The van der Waals surface area contributed by atoms with Gasteiger partial charge < -0.3 is 0 Å². The zero-order valence-corrected chi connectivity index (χ0v) is 13.2. The van der Waals surface area contributed by atoms with Crippen molar-refractivity contribution in [3.05, 3.63) is 71.3 Å². The molecule has 0 aliphatic heterocycles. The Hall–Kier alpha value is -1.89. The van der Waals surface area contributed by atoms with Gasteiger partial charge in [0, 0.05) is 5.56 Å². The fourth-order valence-electron chi connectivity index (χ4n) is 3.08. The molecule has 0 radical (unpaired) electrons. The van der Waals surface area contributed by atoms with Gasteiger partial charge >= 0.3 is 0 Å². The highest BCUT2D eigenvalue weighted by molar-refractivity contribution is 6.04. The highest BCUT2D eigenvalue weighted by Crippen LogP contribution is 2.35. The van der Waals surface area contributed by atoms with Crippen LogP contribution < -0.4 is 0 Å². The monoisotopic (exact) mass is 280 g/mol. The molecule has 0 fully saturated rings. The van der Waals surface area contributed by atoms with E-state index in [9.17, 15) is 4.79 Å². The third-order valence-electron chi connectivity index (χ3n) is 4.57. The second-order valence-corrected chi connectivity index (χ2v) is 5.54. The van der Waals surface area contributed by atoms with Gasteiger partial charge in [-0.05, 0) is 36.5 Å². The van der Waals surface area contributed by atoms with Crippen LogP contribution in [0, 0.1) is 0 Å². The van der Waals surface area contributed by atoms with E-state index in [4.69, 9.17) is 0 Å². The fourth-order valence-corrected chi connectivity index (χ4v) is 3.08. The predicted molar refractivity (Wildman–Crippen MR) is 88.9 cm³/mol. The summed E-state index contributed by atoms with van der Waals surface area (Å²) in [6, 6.07) is 18.3. The van der Waals surface area contributed by atoms with Crippen LogP contribution in [0.4, 0.5) is 0 Å². The molecule has 0 heterocycles. The van der Waals surface area contributed by atoms with Crippen molar-refractivity contribution >= 4 is 5.78 Å². The summed E-state index contributed by atoms with van der Waals surface area (Å²) in [6.45, 7) is 6.34. The van der Waals surface area contributed by atoms with Crippen LogP contribution in [0.2, 0.25) is 0 Å². The van der Waals surface area contributed by atoms with E-state index in [1.165, 1.54) is 5.56 Å². The van der Waals surface area contributed by atoms with E-state index in [0.717, 1.165) is 30.4 Å². The van der Waals surface area contributed by atoms with E-state index in [2.05, 4.69) is 39.0 Å². The van der Waals surface area contributed by atoms with Gasteiger partial charge in [-0.25, -0.2) is 0 Å². The van der Waals surface area contributed by atoms with Crippen LogP contribution in [-0.2, 0) is 11.8 Å². The minimum absolute atomic E-state index is 0.244. The molecular weight excluding hydrogens is 256 g/mol. The predicted octanol–water partition coefficient (Wildman–Crippen LogP) is 5.19. The maximum absolute atomic E-state index is 13.2. The quantitative estimate of drug-likeness (QED) is 0.665. The highest BCUT2D eigenvalue weighted by atomic mass is 16.1. The molecule has 0 saturated carbocycles. The molecule has 0 N–H and O–H groups in total. The molecule has 110 valence electrons. The van der Waals surface area contributed by atoms with Crippen molar-refractivity contribution in [3.63, 3.8) is 0 Å². The molecule has 0 spiro atoms. The molecule has 21 heavy (non-hydrogen) atoms. The molecular formula is C20H24O. The maximum Gasteiger partial charge on any atom is 0.173 e. The number of rotatable bonds is 6. The minimum atomic E-state index is -0.409. The van der Waals surface area contributed by atoms with E-state index in [0.29, 0.717) is 0 Å². The van der Waals surface area contributed by atoms with Crippen molar-refractivity contribution in [3.8, 4) is 0 Å². The molecule has 0 unspecified atom stereocenters. The Morgan fingerprint density at radius 1 is 0.905 bits per heavy atom. The van der Waals surface area contributed by atoms with Crippen molar-refractivity contribution in [2.24, 2.45) is 0 Å². The number of ketones is 1. The third kappa shape index (κ3) is 2.92. The van der Waals surface area contributed by atoms with E-state index < -0.39 is 5.41 Å². The summed E-state index contributed by atoms with van der Waals surface area (Å²) in [4.78, 5) is 13.2. The van der Waals surface area contributed by atoms with Crippen molar-refractivity contribution in [2.75, 3.05) is 0 Å². The smallest absolute Gasteiger partial charge is 0.173 e. The molecule has 1 nitrogen and oxygen atoms in total. The molecule has 0 atom stereocenters. The standard InChI is InChI=1S/C20H24O/c1-4-16-11-10-12-17(15-16)19(21)20(5-2,6-3)18-13-8-7-9-14-18/h7-15H,4-6H2,1-3H3. The van der Waals surface area contributed by atoms with Crippen LogP contribution in [-0.4, -0.2) is 5.78 Å². The van der Waals surface area contributed by atoms with E-state index in [1.807, 2.05) is 36.4 Å². The van der Waals surface area contributed by atoms with Crippen LogP contribution in [0.15, 0.2) is 54.6 Å². The summed E-state index contributed by atoms with van der Waals surface area (Å²) in [5, 5.41) is 0. The molecule has 0 bridgehead atoms. The summed E-state index contributed by atoms with van der Waals surface area (Å²) in [6.07, 6.45) is 2.60. The SMILES string of the molecule is CCc1cccc(C(=O)C(CC)(CC)c2ccccc2)c1. The van der Waals surface area contributed by atoms with Crippen LogP contribution >= 0.6 is 0 Å². The van der Waals surface area contributed by atoms with Crippen molar-refractivity contribution in [1.29, 1.82) is 0 Å². The zero-order valence-electron chi connectivity index (χ0n) is 13.2. The van der Waals surface area contributed by atoms with E-state index in [1.54, 1.807) is 0 Å². The van der Waals surface area contributed by atoms with Gasteiger partial charge in [0.1, 0.15) is 0 Å². The third-order valence-corrected chi connectivity index (χ3v) is 4.57. The first kappa shape index (κ1) is 15.5. The Labute approximate surface area is 128 Å². The van der Waals surface area contributed by atoms with Gasteiger partial charge in [0.25, 0.3) is 0 Å². The van der Waals surface area contributed by atoms with Gasteiger partial charge in [0.05, 0.1) is 5.41 Å². The molecule has 0 aliphatic carbocycles. The molecule has 0 aromatic heterocycles. The average Bonchev–Trinajstić information content (AvgIpc) is 2.57. The largest absolute Gasteiger partial charge is 0.293 e. The van der Waals surface area contributed by atoms with Crippen molar-refractivity contribution in [2.45, 2.75) is 45.4 Å². The number of hydrogen-bond donors (Lipinski definition) is 0. The average molecular weight is 280 g/mol. The summed E-state index contributed by atoms with van der Waals surface area (Å²) in [5.41, 5.74) is 2.77. The van der Waals surface area contributed by atoms with E-state index >= 15 is 0 Å². The molecule has 2 aromatic carbocycles. The summed E-state index contributed by atoms with van der Waals surface area (Å²) in [5.74, 6) is 0.244. The lowest BCUT2D eigenvalue weighted by molar-refractivity contribution is 0.0873. The van der Waals surface area contributed by atoms with Crippen molar-refractivity contribution in [1.82, 2.24) is 0 Å². The number of carbonyl (C=O) groups excluding carboxylic acids is 1. The Balaban J connectivity index is 2.49. The Kier molecular flexibility index (Phi) is 4.95. The maximum atomic E-state index is 13.2. The second kappa shape index (κ2) is 6.71. The summed E-state index contributed by atoms with van der Waals surface area (Å²) < 4.78 is 0. The van der Waals surface area contributed by atoms with Gasteiger partial charge in [-0.1, -0.05) is 69.3 Å². The second-order valence-electron chi connectivity index (χ2n) is 5.54. The van der Waals surface area contributed by atoms with E-state index in [-0.39, 0.29) is 5.78 Å². The van der Waals surface area contributed by atoms with Crippen LogP contribution in [0.1, 0.15) is 55.1 Å². The molecule has 2 rings (SSSR count). The van der Waals surface area contributed by atoms with Gasteiger partial charge in [0.2, 0.25) is 0 Å². The molecule has 0 aliphatic rings. The highest BCUT2D eigenvalue weighted by Gasteiger charge is 2.37. The lowest BCUT2D eigenvalue weighted by Crippen LogP contribution is -2.34. The van der Waals surface area contributed by atoms with Gasteiger partial charge in [-0.2, -0.15) is 0 Å². The van der Waals surface area contributed by atoms with Crippen LogP contribution in [0.3, 0.4) is 0 Å². The zero-order chi connectivity index (χ0) is 15.3. The normalized spacial score (nSPS) is 11.4. The first-order valence-electron chi connectivity index (χ1n) is 7.87. The molecule has 1 heteroatoms. The summed E-state index contributed by atoms with van der Waals surface area (Å²) in [7, 11) is 0. The summed E-state index contributed by atoms with van der Waals surface area (Å²) >= 11 is 0. The first-order chi connectivity index (χ1) is 10.2. The number of hydrogen-bond acceptors (Lipinski definition) is 1. The number of Topliss-reactive ketones (excluding diaryl/α,β-unsaturated/α-hetero) is 1. The van der Waals surface area contributed by atoms with Gasteiger partial charge in [-0.15, -0.1) is 0 Å². The van der Waals surface area contributed by atoms with Crippen LogP contribution in [0.5, 0.6) is 0 Å². The minimum Gasteiger partial charge on any atom is -0.293 e. The molecule has 0 saturated heterocycles. The fraction of sp³-hybridized carbons (Fsp3) is 0.350.